The number of amides is 1. The molecule has 0 aliphatic carbocycles. The van der Waals surface area contributed by atoms with Crippen LogP contribution in [0.5, 0.6) is 0 Å². The van der Waals surface area contributed by atoms with Crippen molar-refractivity contribution in [3.8, 4) is 11.3 Å². The molecule has 0 radical (unpaired) electrons. The van der Waals surface area contributed by atoms with Crippen molar-refractivity contribution in [2.24, 2.45) is 0 Å². The highest BCUT2D eigenvalue weighted by atomic mass is 19.1. The lowest BCUT2D eigenvalue weighted by molar-refractivity contribution is -0.116. The minimum atomic E-state index is -0.319. The Morgan fingerprint density at radius 3 is 2.59 bits per heavy atom. The number of nitrogens with zero attached hydrogens (tertiary/aromatic N) is 3. The summed E-state index contributed by atoms with van der Waals surface area (Å²) in [6, 6.07) is 15.0. The lowest BCUT2D eigenvalue weighted by atomic mass is 10.1. The second-order valence-electron chi connectivity index (χ2n) is 7.76. The smallest absolute Gasteiger partial charge is 0.224 e. The van der Waals surface area contributed by atoms with E-state index >= 15 is 0 Å². The number of nitrogens with one attached hydrogen (secondary N) is 1. The van der Waals surface area contributed by atoms with Crippen LogP contribution in [0.25, 0.3) is 16.9 Å². The number of anilines is 1. The Balaban J connectivity index is 1.53. The zero-order chi connectivity index (χ0) is 22.8. The number of Topliss-reactive ketones (excluding diaryl/α,β-unsaturated/α-hetero) is 1. The zero-order valence-corrected chi connectivity index (χ0v) is 18.1. The normalized spacial score (nSPS) is 11.0. The summed E-state index contributed by atoms with van der Waals surface area (Å²) in [7, 11) is 0. The quantitative estimate of drug-likeness (QED) is 0.440. The van der Waals surface area contributed by atoms with Crippen molar-refractivity contribution in [2.45, 2.75) is 33.6 Å². The second-order valence-corrected chi connectivity index (χ2v) is 7.76. The molecule has 0 atom stereocenters. The number of benzene rings is 2. The van der Waals surface area contributed by atoms with Gasteiger partial charge in [0.15, 0.2) is 11.4 Å². The molecule has 162 valence electrons. The largest absolute Gasteiger partial charge is 0.326 e. The summed E-state index contributed by atoms with van der Waals surface area (Å²) in [5.74, 6) is -0.518. The van der Waals surface area contributed by atoms with E-state index in [0.29, 0.717) is 34.6 Å². The first-order valence-electron chi connectivity index (χ1n) is 10.3. The highest BCUT2D eigenvalue weighted by molar-refractivity contribution is 5.97. The van der Waals surface area contributed by atoms with Crippen LogP contribution < -0.4 is 5.32 Å². The molecule has 0 aliphatic heterocycles. The fraction of sp³-hybridized carbons (Fsp3) is 0.200. The summed E-state index contributed by atoms with van der Waals surface area (Å²) in [4.78, 5) is 28.7. The van der Waals surface area contributed by atoms with Crippen LogP contribution in [0.4, 0.5) is 10.1 Å². The first-order chi connectivity index (χ1) is 15.3. The SMILES string of the molecule is CC(=O)c1cccc(NC(=O)CCc2c(C)nc3cc(-c4cccc(F)c4)nn3c2C)c1. The van der Waals surface area contributed by atoms with E-state index in [-0.39, 0.29) is 23.9 Å². The molecule has 0 unspecified atom stereocenters. The van der Waals surface area contributed by atoms with Gasteiger partial charge in [-0.25, -0.2) is 13.9 Å². The third-order valence-corrected chi connectivity index (χ3v) is 5.44. The molecular formula is C25H23FN4O2. The molecule has 1 amide bonds. The van der Waals surface area contributed by atoms with Crippen LogP contribution in [0, 0.1) is 19.7 Å². The number of fused-ring (bicyclic) bond motifs is 1. The van der Waals surface area contributed by atoms with Crippen molar-refractivity contribution in [3.63, 3.8) is 0 Å². The Labute approximate surface area is 185 Å². The summed E-state index contributed by atoms with van der Waals surface area (Å²) < 4.78 is 15.3. The Kier molecular flexibility index (Phi) is 5.81. The molecule has 2 aromatic carbocycles. The van der Waals surface area contributed by atoms with Crippen LogP contribution in [0.2, 0.25) is 0 Å². The van der Waals surface area contributed by atoms with Crippen LogP contribution in [-0.4, -0.2) is 26.3 Å². The first kappa shape index (κ1) is 21.4. The molecule has 32 heavy (non-hydrogen) atoms. The zero-order valence-electron chi connectivity index (χ0n) is 18.1. The predicted octanol–water partition coefficient (Wildman–Crippen LogP) is 4.93. The van der Waals surface area contributed by atoms with Crippen molar-refractivity contribution in [3.05, 3.63) is 82.9 Å². The Hall–Kier alpha value is -3.87. The lowest BCUT2D eigenvalue weighted by Crippen LogP contribution is -2.14. The predicted molar refractivity (Wildman–Crippen MR) is 121 cm³/mol. The van der Waals surface area contributed by atoms with Gasteiger partial charge in [0.2, 0.25) is 5.91 Å². The maximum atomic E-state index is 13.6. The van der Waals surface area contributed by atoms with Gasteiger partial charge in [-0.15, -0.1) is 0 Å². The maximum absolute atomic E-state index is 13.6. The van der Waals surface area contributed by atoms with Gasteiger partial charge in [-0.2, -0.15) is 5.10 Å². The number of rotatable bonds is 6. The van der Waals surface area contributed by atoms with Crippen LogP contribution in [0.3, 0.4) is 0 Å². The van der Waals surface area contributed by atoms with E-state index < -0.39 is 0 Å². The summed E-state index contributed by atoms with van der Waals surface area (Å²) >= 11 is 0. The monoisotopic (exact) mass is 430 g/mol. The van der Waals surface area contributed by atoms with E-state index in [0.717, 1.165) is 17.0 Å². The van der Waals surface area contributed by atoms with Gasteiger partial charge >= 0.3 is 0 Å². The van der Waals surface area contributed by atoms with Crippen molar-refractivity contribution < 1.29 is 14.0 Å². The number of hydrogen-bond acceptors (Lipinski definition) is 4. The average molecular weight is 430 g/mol. The second kappa shape index (κ2) is 8.70. The van der Waals surface area contributed by atoms with Gasteiger partial charge < -0.3 is 5.32 Å². The molecule has 4 aromatic rings. The molecule has 4 rings (SSSR count). The number of carbonyl (C=O) groups excluding carboxylic acids is 2. The summed E-state index contributed by atoms with van der Waals surface area (Å²) in [5.41, 5.74) is 5.80. The Morgan fingerprint density at radius 1 is 1.06 bits per heavy atom. The number of aryl methyl sites for hydroxylation is 2. The van der Waals surface area contributed by atoms with E-state index in [2.05, 4.69) is 15.4 Å². The number of halogens is 1. The topological polar surface area (TPSA) is 76.4 Å². The van der Waals surface area contributed by atoms with Crippen molar-refractivity contribution in [1.82, 2.24) is 14.6 Å². The Bertz CT molecular complexity index is 1340. The maximum Gasteiger partial charge on any atom is 0.224 e. The third kappa shape index (κ3) is 4.42. The summed E-state index contributed by atoms with van der Waals surface area (Å²) in [6.07, 6.45) is 0.755. The van der Waals surface area contributed by atoms with Crippen molar-refractivity contribution >= 4 is 23.0 Å². The van der Waals surface area contributed by atoms with Crippen LogP contribution in [-0.2, 0) is 11.2 Å². The van der Waals surface area contributed by atoms with Crippen LogP contribution in [0.15, 0.2) is 54.6 Å². The van der Waals surface area contributed by atoms with E-state index in [4.69, 9.17) is 0 Å². The van der Waals surface area contributed by atoms with E-state index in [1.165, 1.54) is 19.1 Å². The molecule has 2 aromatic heterocycles. The number of hydrogen-bond donors (Lipinski definition) is 1. The molecule has 2 heterocycles. The first-order valence-corrected chi connectivity index (χ1v) is 10.3. The standard InChI is InChI=1S/C25H23FN4O2/c1-15-22(10-11-25(32)28-21-9-5-6-18(13-21)17(3)31)16(2)30-24(27-15)14-23(29-30)19-7-4-8-20(26)12-19/h4-9,12-14H,10-11H2,1-3H3,(H,28,32). The number of ketones is 1. The van der Waals surface area contributed by atoms with Gasteiger partial charge in [-0.05, 0) is 57.0 Å². The molecule has 1 N–H and O–H groups in total. The number of carbonyl (C=O) groups is 2. The summed E-state index contributed by atoms with van der Waals surface area (Å²) in [6.45, 7) is 5.34. The van der Waals surface area contributed by atoms with Gasteiger partial charge in [0.25, 0.3) is 0 Å². The van der Waals surface area contributed by atoms with E-state index in [1.807, 2.05) is 19.9 Å². The van der Waals surface area contributed by atoms with E-state index in [1.54, 1.807) is 40.9 Å². The molecule has 0 aliphatic rings. The fourth-order valence-corrected chi connectivity index (χ4v) is 3.76. The van der Waals surface area contributed by atoms with E-state index in [9.17, 15) is 14.0 Å². The van der Waals surface area contributed by atoms with Crippen LogP contribution in [0.1, 0.15) is 40.7 Å². The third-order valence-electron chi connectivity index (χ3n) is 5.44. The highest BCUT2D eigenvalue weighted by Gasteiger charge is 2.15. The van der Waals surface area contributed by atoms with Crippen LogP contribution >= 0.6 is 0 Å². The molecule has 0 saturated carbocycles. The van der Waals surface area contributed by atoms with Gasteiger partial charge in [0, 0.05) is 40.7 Å². The fourth-order valence-electron chi connectivity index (χ4n) is 3.76. The highest BCUT2D eigenvalue weighted by Crippen LogP contribution is 2.23. The van der Waals surface area contributed by atoms with Crippen molar-refractivity contribution in [2.75, 3.05) is 5.32 Å². The molecule has 6 nitrogen and oxygen atoms in total. The Morgan fingerprint density at radius 2 is 1.84 bits per heavy atom. The van der Waals surface area contributed by atoms with Gasteiger partial charge in [0.05, 0.1) is 5.69 Å². The minimum Gasteiger partial charge on any atom is -0.326 e. The van der Waals surface area contributed by atoms with Gasteiger partial charge in [-0.3, -0.25) is 9.59 Å². The molecule has 7 heteroatoms. The summed E-state index contributed by atoms with van der Waals surface area (Å²) in [5, 5.41) is 7.45. The molecule has 0 spiro atoms. The van der Waals surface area contributed by atoms with Gasteiger partial charge in [-0.1, -0.05) is 24.3 Å². The molecule has 0 bridgehead atoms. The van der Waals surface area contributed by atoms with Crippen molar-refractivity contribution in [1.29, 1.82) is 0 Å². The van der Waals surface area contributed by atoms with Gasteiger partial charge in [0.1, 0.15) is 5.82 Å². The molecule has 0 saturated heterocycles. The molecule has 0 fully saturated rings. The molecular weight excluding hydrogens is 407 g/mol. The lowest BCUT2D eigenvalue weighted by Gasteiger charge is -2.11. The average Bonchev–Trinajstić information content (AvgIpc) is 3.18. The minimum absolute atomic E-state index is 0.0523. The number of aromatic nitrogens is 3.